The molecule has 1 amide bonds. The number of benzene rings is 1. The molecular formula is C21H24N2O5. The second-order valence-corrected chi connectivity index (χ2v) is 8.78. The number of carbonyl (C=O) groups excluding carboxylic acids is 2. The first-order valence-electron chi connectivity index (χ1n) is 9.96. The van der Waals surface area contributed by atoms with Gasteiger partial charge in [0.25, 0.3) is 0 Å². The van der Waals surface area contributed by atoms with Gasteiger partial charge >= 0.3 is 5.97 Å². The number of anilines is 1. The van der Waals surface area contributed by atoms with Crippen molar-refractivity contribution in [1.82, 2.24) is 4.90 Å². The molecule has 148 valence electrons. The summed E-state index contributed by atoms with van der Waals surface area (Å²) < 4.78 is 17.5. The Bertz CT molecular complexity index is 933. The van der Waals surface area contributed by atoms with Gasteiger partial charge in [-0.15, -0.1) is 0 Å². The minimum absolute atomic E-state index is 0.138. The van der Waals surface area contributed by atoms with Gasteiger partial charge in [-0.1, -0.05) is 6.07 Å². The highest BCUT2D eigenvalue weighted by atomic mass is 16.6. The van der Waals surface area contributed by atoms with E-state index in [4.69, 9.17) is 14.2 Å². The van der Waals surface area contributed by atoms with Crippen LogP contribution in [0.3, 0.4) is 0 Å². The van der Waals surface area contributed by atoms with Gasteiger partial charge in [0.2, 0.25) is 5.91 Å². The van der Waals surface area contributed by atoms with Crippen molar-refractivity contribution < 1.29 is 23.8 Å². The average molecular weight is 384 g/mol. The number of fused-ring (bicyclic) bond motifs is 3. The molecule has 2 unspecified atom stereocenters. The fourth-order valence-electron chi connectivity index (χ4n) is 7.42. The van der Waals surface area contributed by atoms with Crippen molar-refractivity contribution in [3.05, 3.63) is 23.8 Å². The summed E-state index contributed by atoms with van der Waals surface area (Å²) in [6.07, 6.45) is 2.69. The van der Waals surface area contributed by atoms with Crippen molar-refractivity contribution >= 4 is 17.6 Å². The van der Waals surface area contributed by atoms with Crippen LogP contribution in [-0.4, -0.2) is 62.0 Å². The Morgan fingerprint density at radius 3 is 2.89 bits per heavy atom. The minimum atomic E-state index is -1.05. The van der Waals surface area contributed by atoms with Gasteiger partial charge < -0.3 is 24.0 Å². The molecule has 4 fully saturated rings. The molecule has 5 atom stereocenters. The van der Waals surface area contributed by atoms with Gasteiger partial charge in [0.05, 0.1) is 25.7 Å². The Balaban J connectivity index is 1.66. The summed E-state index contributed by atoms with van der Waals surface area (Å²) in [6, 6.07) is 5.92. The van der Waals surface area contributed by atoms with Gasteiger partial charge in [-0.05, 0) is 30.9 Å². The summed E-state index contributed by atoms with van der Waals surface area (Å²) in [5.41, 5.74) is -0.00970. The van der Waals surface area contributed by atoms with E-state index in [1.165, 1.54) is 7.11 Å². The Hall–Kier alpha value is -2.28. The van der Waals surface area contributed by atoms with E-state index < -0.39 is 16.7 Å². The van der Waals surface area contributed by atoms with Crippen LogP contribution in [0.1, 0.15) is 31.2 Å². The molecule has 5 heterocycles. The summed E-state index contributed by atoms with van der Waals surface area (Å²) in [4.78, 5) is 30.2. The van der Waals surface area contributed by atoms with Crippen LogP contribution in [0, 0.1) is 5.92 Å². The number of likely N-dealkylation sites (N-methyl/N-ethyl adjacent to an activating group) is 1. The molecule has 4 saturated heterocycles. The van der Waals surface area contributed by atoms with Crippen LogP contribution in [-0.2, 0) is 24.5 Å². The summed E-state index contributed by atoms with van der Waals surface area (Å²) in [7, 11) is 5.10. The van der Waals surface area contributed by atoms with Crippen LogP contribution in [0.2, 0.25) is 0 Å². The van der Waals surface area contributed by atoms with E-state index in [1.807, 2.05) is 24.1 Å². The second kappa shape index (κ2) is 4.82. The molecule has 5 aliphatic heterocycles. The molecule has 28 heavy (non-hydrogen) atoms. The van der Waals surface area contributed by atoms with Crippen LogP contribution in [0.5, 0.6) is 5.75 Å². The van der Waals surface area contributed by atoms with Gasteiger partial charge in [0, 0.05) is 37.7 Å². The predicted molar refractivity (Wildman–Crippen MR) is 99.1 cm³/mol. The van der Waals surface area contributed by atoms with E-state index in [0.29, 0.717) is 19.4 Å². The van der Waals surface area contributed by atoms with Crippen molar-refractivity contribution in [2.75, 3.05) is 32.7 Å². The number of rotatable bonds is 2. The zero-order valence-electron chi connectivity index (χ0n) is 16.4. The van der Waals surface area contributed by atoms with E-state index in [1.54, 1.807) is 7.11 Å². The zero-order valence-corrected chi connectivity index (χ0v) is 16.4. The topological polar surface area (TPSA) is 68.3 Å². The van der Waals surface area contributed by atoms with Crippen molar-refractivity contribution in [2.45, 2.75) is 48.5 Å². The molecular weight excluding hydrogens is 360 g/mol. The molecule has 7 nitrogen and oxygen atoms in total. The predicted octanol–water partition coefficient (Wildman–Crippen LogP) is 1.44. The van der Waals surface area contributed by atoms with Crippen LogP contribution < -0.4 is 9.64 Å². The lowest BCUT2D eigenvalue weighted by molar-refractivity contribution is -0.195. The maximum absolute atomic E-state index is 13.1. The molecule has 7 heteroatoms. The van der Waals surface area contributed by atoms with Gasteiger partial charge in [0.15, 0.2) is 11.3 Å². The number of ether oxygens (including phenoxy) is 3. The highest BCUT2D eigenvalue weighted by molar-refractivity contribution is 5.89. The molecule has 0 aromatic heterocycles. The average Bonchev–Trinajstić information content (AvgIpc) is 3.38. The fourth-order valence-corrected chi connectivity index (χ4v) is 7.42. The lowest BCUT2D eigenvalue weighted by Crippen LogP contribution is -2.67. The largest absolute Gasteiger partial charge is 0.497 e. The first-order valence-corrected chi connectivity index (χ1v) is 9.96. The summed E-state index contributed by atoms with van der Waals surface area (Å²) in [6.45, 7) is 0.669. The zero-order chi connectivity index (χ0) is 19.5. The third-order valence-electron chi connectivity index (χ3n) is 8.11. The number of esters is 1. The minimum Gasteiger partial charge on any atom is -0.497 e. The van der Waals surface area contributed by atoms with Gasteiger partial charge in [0.1, 0.15) is 5.75 Å². The molecule has 0 N–H and O–H groups in total. The summed E-state index contributed by atoms with van der Waals surface area (Å²) in [5, 5.41) is 0. The highest BCUT2D eigenvalue weighted by Crippen LogP contribution is 2.75. The maximum Gasteiger partial charge on any atom is 0.340 e. The molecule has 1 aromatic carbocycles. The SMILES string of the molecule is COC(=O)[C@@]12CC3CCC(=O)N4CCC5(c6ccc(OC)cc6N(C)[C@H]51)[C@@]34O2. The van der Waals surface area contributed by atoms with Gasteiger partial charge in [-0.25, -0.2) is 4.79 Å². The number of amides is 1. The number of piperidine rings is 1. The molecule has 1 aromatic rings. The lowest BCUT2D eigenvalue weighted by atomic mass is 9.56. The number of hydrogen-bond acceptors (Lipinski definition) is 6. The van der Waals surface area contributed by atoms with E-state index >= 15 is 0 Å². The highest BCUT2D eigenvalue weighted by Gasteiger charge is 2.88. The summed E-state index contributed by atoms with van der Waals surface area (Å²) >= 11 is 0. The van der Waals surface area contributed by atoms with Crippen LogP contribution in [0.4, 0.5) is 5.69 Å². The maximum atomic E-state index is 13.1. The van der Waals surface area contributed by atoms with E-state index in [2.05, 4.69) is 11.0 Å². The van der Waals surface area contributed by atoms with Crippen LogP contribution >= 0.6 is 0 Å². The molecule has 2 bridgehead atoms. The monoisotopic (exact) mass is 384 g/mol. The van der Waals surface area contributed by atoms with Crippen LogP contribution in [0.15, 0.2) is 18.2 Å². The van der Waals surface area contributed by atoms with Crippen molar-refractivity contribution in [3.63, 3.8) is 0 Å². The van der Waals surface area contributed by atoms with Gasteiger partial charge in [-0.2, -0.15) is 0 Å². The fraction of sp³-hybridized carbons (Fsp3) is 0.619. The van der Waals surface area contributed by atoms with Crippen molar-refractivity contribution in [1.29, 1.82) is 0 Å². The number of nitrogens with zero attached hydrogens (tertiary/aromatic N) is 2. The normalized spacial score (nSPS) is 41.8. The Kier molecular flexibility index (Phi) is 2.87. The molecule has 0 radical (unpaired) electrons. The molecule has 6 rings (SSSR count). The lowest BCUT2D eigenvalue weighted by Gasteiger charge is -2.51. The quantitative estimate of drug-likeness (QED) is 0.719. The third kappa shape index (κ3) is 1.39. The Morgan fingerprint density at radius 1 is 1.32 bits per heavy atom. The smallest absolute Gasteiger partial charge is 0.340 e. The van der Waals surface area contributed by atoms with E-state index in [0.717, 1.165) is 29.8 Å². The number of hydrogen-bond donors (Lipinski definition) is 0. The summed E-state index contributed by atoms with van der Waals surface area (Å²) in [5.74, 6) is 0.739. The van der Waals surface area contributed by atoms with Crippen molar-refractivity contribution in [3.8, 4) is 5.75 Å². The second-order valence-electron chi connectivity index (χ2n) is 8.78. The molecule has 0 saturated carbocycles. The van der Waals surface area contributed by atoms with Gasteiger partial charge in [-0.3, -0.25) is 4.79 Å². The van der Waals surface area contributed by atoms with Crippen molar-refractivity contribution in [2.24, 2.45) is 5.92 Å². The first kappa shape index (κ1) is 16.7. The van der Waals surface area contributed by atoms with E-state index in [-0.39, 0.29) is 23.8 Å². The Morgan fingerprint density at radius 2 is 2.14 bits per heavy atom. The Labute approximate surface area is 163 Å². The third-order valence-corrected chi connectivity index (χ3v) is 8.11. The molecule has 0 aliphatic carbocycles. The van der Waals surface area contributed by atoms with E-state index in [9.17, 15) is 9.59 Å². The molecule has 2 spiro atoms. The number of carbonyl (C=O) groups is 2. The van der Waals surface area contributed by atoms with Crippen LogP contribution in [0.25, 0.3) is 0 Å². The first-order chi connectivity index (χ1) is 13.5. The number of methoxy groups -OCH3 is 2. The standard InChI is InChI=1S/C21H24N2O5/c1-22-15-10-13(26-2)5-6-14(15)19-8-9-23-16(24)7-4-12-11-20(17(19)22,18(25)27-3)28-21(12,19)23/h5-6,10,12,17H,4,7-9,11H2,1-3H3/t12?,17-,19?,20-,21+/m1/s1. The molecule has 5 aliphatic rings.